The van der Waals surface area contributed by atoms with Crippen LogP contribution < -0.4 is 10.6 Å². The Morgan fingerprint density at radius 3 is 2.86 bits per heavy atom. The Hall–Kier alpha value is -1.10. The van der Waals surface area contributed by atoms with Gasteiger partial charge >= 0.3 is 6.09 Å². The van der Waals surface area contributed by atoms with Crippen molar-refractivity contribution < 1.29 is 14.7 Å². The van der Waals surface area contributed by atoms with Crippen molar-refractivity contribution in [2.75, 3.05) is 6.54 Å². The molecule has 0 spiro atoms. The molecule has 2 atom stereocenters. The molecule has 2 amide bonds. The average molecular weight is 200 g/mol. The molecule has 0 aromatic heterocycles. The molecule has 0 bridgehead atoms. The molecule has 0 radical (unpaired) electrons. The molecule has 80 valence electrons. The van der Waals surface area contributed by atoms with Gasteiger partial charge in [-0.05, 0) is 25.8 Å². The van der Waals surface area contributed by atoms with Gasteiger partial charge in [-0.25, -0.2) is 4.79 Å². The van der Waals surface area contributed by atoms with E-state index in [4.69, 9.17) is 5.11 Å². The molecule has 1 aliphatic heterocycles. The zero-order valence-corrected chi connectivity index (χ0v) is 8.25. The molecular formula is C9H16N2O3. The van der Waals surface area contributed by atoms with Crippen molar-refractivity contribution in [1.82, 2.24) is 10.6 Å². The summed E-state index contributed by atoms with van der Waals surface area (Å²) in [6, 6.07) is 0.114. The Balaban J connectivity index is 2.54. The molecular weight excluding hydrogens is 184 g/mol. The van der Waals surface area contributed by atoms with Gasteiger partial charge in [0.25, 0.3) is 0 Å². The Bertz CT molecular complexity index is 230. The van der Waals surface area contributed by atoms with Gasteiger partial charge in [0, 0.05) is 6.04 Å². The van der Waals surface area contributed by atoms with Crippen LogP contribution in [-0.4, -0.2) is 29.7 Å². The van der Waals surface area contributed by atoms with Crippen LogP contribution in [0.25, 0.3) is 0 Å². The lowest BCUT2D eigenvalue weighted by Crippen LogP contribution is -2.48. The number of hydrogen-bond acceptors (Lipinski definition) is 3. The van der Waals surface area contributed by atoms with Crippen molar-refractivity contribution in [3.8, 4) is 0 Å². The van der Waals surface area contributed by atoms with Gasteiger partial charge < -0.3 is 10.4 Å². The first kappa shape index (κ1) is 11.0. The third-order valence-corrected chi connectivity index (χ3v) is 2.59. The van der Waals surface area contributed by atoms with Crippen molar-refractivity contribution in [2.45, 2.75) is 32.2 Å². The van der Waals surface area contributed by atoms with E-state index in [9.17, 15) is 9.59 Å². The summed E-state index contributed by atoms with van der Waals surface area (Å²) in [4.78, 5) is 21.7. The zero-order chi connectivity index (χ0) is 10.6. The van der Waals surface area contributed by atoms with Crippen molar-refractivity contribution in [3.63, 3.8) is 0 Å². The van der Waals surface area contributed by atoms with E-state index in [1.807, 2.05) is 12.2 Å². The average Bonchev–Trinajstić information content (AvgIpc) is 2.16. The number of rotatable bonds is 2. The van der Waals surface area contributed by atoms with Crippen molar-refractivity contribution in [1.29, 1.82) is 0 Å². The summed E-state index contributed by atoms with van der Waals surface area (Å²) in [7, 11) is 0. The van der Waals surface area contributed by atoms with Crippen LogP contribution in [0.5, 0.6) is 0 Å². The highest BCUT2D eigenvalue weighted by Crippen LogP contribution is 2.18. The standard InChI is InChI=1S/C9H16N2O3/c1-2-7-6(4-3-5-10-7)8(12)11-9(13)14/h6-7,10H,2-5H2,1H3,(H,11,12)(H,13,14). The molecule has 0 saturated carbocycles. The molecule has 1 rings (SSSR count). The van der Waals surface area contributed by atoms with Gasteiger partial charge in [-0.15, -0.1) is 0 Å². The van der Waals surface area contributed by atoms with Crippen molar-refractivity contribution in [3.05, 3.63) is 0 Å². The Morgan fingerprint density at radius 1 is 1.57 bits per heavy atom. The normalized spacial score (nSPS) is 26.9. The molecule has 0 aromatic rings. The van der Waals surface area contributed by atoms with Gasteiger partial charge in [0.15, 0.2) is 0 Å². The quantitative estimate of drug-likeness (QED) is 0.608. The van der Waals surface area contributed by atoms with Crippen LogP contribution in [0.2, 0.25) is 0 Å². The van der Waals surface area contributed by atoms with Crippen molar-refractivity contribution >= 4 is 12.0 Å². The van der Waals surface area contributed by atoms with Gasteiger partial charge in [0.2, 0.25) is 5.91 Å². The largest absolute Gasteiger partial charge is 0.465 e. The second-order valence-corrected chi connectivity index (χ2v) is 3.51. The third-order valence-electron chi connectivity index (χ3n) is 2.59. The van der Waals surface area contributed by atoms with Crippen LogP contribution >= 0.6 is 0 Å². The predicted molar refractivity (Wildman–Crippen MR) is 51.0 cm³/mol. The molecule has 1 fully saturated rings. The molecule has 0 aromatic carbocycles. The Kier molecular flexibility index (Phi) is 3.88. The van der Waals surface area contributed by atoms with Gasteiger partial charge in [0.1, 0.15) is 0 Å². The van der Waals surface area contributed by atoms with E-state index in [1.54, 1.807) is 0 Å². The highest BCUT2D eigenvalue weighted by atomic mass is 16.4. The van der Waals surface area contributed by atoms with Crippen LogP contribution in [0.4, 0.5) is 4.79 Å². The molecule has 1 aliphatic rings. The van der Waals surface area contributed by atoms with E-state index in [0.717, 1.165) is 25.8 Å². The topological polar surface area (TPSA) is 78.4 Å². The molecule has 5 nitrogen and oxygen atoms in total. The fourth-order valence-electron chi connectivity index (χ4n) is 1.89. The third kappa shape index (κ3) is 2.70. The van der Waals surface area contributed by atoms with Crippen molar-refractivity contribution in [2.24, 2.45) is 5.92 Å². The van der Waals surface area contributed by atoms with Gasteiger partial charge in [0.05, 0.1) is 5.92 Å². The minimum atomic E-state index is -1.27. The maximum Gasteiger partial charge on any atom is 0.411 e. The summed E-state index contributed by atoms with van der Waals surface area (Å²) < 4.78 is 0. The Labute approximate surface area is 82.9 Å². The van der Waals surface area contributed by atoms with Gasteiger partial charge in [-0.2, -0.15) is 0 Å². The summed E-state index contributed by atoms with van der Waals surface area (Å²) in [6.45, 7) is 2.90. The number of carbonyl (C=O) groups is 2. The summed E-state index contributed by atoms with van der Waals surface area (Å²) >= 11 is 0. The lowest BCUT2D eigenvalue weighted by Gasteiger charge is -2.30. The number of nitrogens with one attached hydrogen (secondary N) is 2. The van der Waals surface area contributed by atoms with E-state index in [-0.39, 0.29) is 17.9 Å². The number of carboxylic acid groups (broad SMARTS) is 1. The minimum absolute atomic E-state index is 0.114. The highest BCUT2D eigenvalue weighted by molar-refractivity contribution is 5.92. The smallest absolute Gasteiger partial charge is 0.411 e. The summed E-state index contributed by atoms with van der Waals surface area (Å²) in [5, 5.41) is 13.6. The summed E-state index contributed by atoms with van der Waals surface area (Å²) in [5.74, 6) is -0.582. The van der Waals surface area contributed by atoms with Crippen LogP contribution in [0.3, 0.4) is 0 Å². The zero-order valence-electron chi connectivity index (χ0n) is 8.25. The maximum absolute atomic E-state index is 11.4. The van der Waals surface area contributed by atoms with E-state index in [2.05, 4.69) is 5.32 Å². The second-order valence-electron chi connectivity index (χ2n) is 3.51. The highest BCUT2D eigenvalue weighted by Gasteiger charge is 2.30. The summed E-state index contributed by atoms with van der Waals surface area (Å²) in [6.07, 6.45) is 1.27. The molecule has 0 aliphatic carbocycles. The Morgan fingerprint density at radius 2 is 2.29 bits per heavy atom. The molecule has 2 unspecified atom stereocenters. The molecule has 14 heavy (non-hydrogen) atoms. The van der Waals surface area contributed by atoms with Gasteiger partial charge in [-0.1, -0.05) is 6.92 Å². The number of piperidine rings is 1. The fourth-order valence-corrected chi connectivity index (χ4v) is 1.89. The number of carbonyl (C=O) groups excluding carboxylic acids is 1. The van der Waals surface area contributed by atoms with Gasteiger partial charge in [-0.3, -0.25) is 10.1 Å². The number of imide groups is 1. The monoisotopic (exact) mass is 200 g/mol. The number of hydrogen-bond donors (Lipinski definition) is 3. The molecule has 5 heteroatoms. The summed E-state index contributed by atoms with van der Waals surface area (Å²) in [5.41, 5.74) is 0. The first-order valence-corrected chi connectivity index (χ1v) is 4.92. The van der Waals surface area contributed by atoms with E-state index in [0.29, 0.717) is 0 Å². The first-order valence-electron chi connectivity index (χ1n) is 4.92. The first-order chi connectivity index (χ1) is 6.65. The minimum Gasteiger partial charge on any atom is -0.465 e. The molecule has 1 heterocycles. The lowest BCUT2D eigenvalue weighted by atomic mass is 9.88. The van der Waals surface area contributed by atoms with Crippen LogP contribution in [0, 0.1) is 5.92 Å². The second kappa shape index (κ2) is 4.95. The predicted octanol–water partition coefficient (Wildman–Crippen LogP) is 0.559. The maximum atomic E-state index is 11.4. The van der Waals surface area contributed by atoms with E-state index >= 15 is 0 Å². The molecule has 3 N–H and O–H groups in total. The van der Waals surface area contributed by atoms with E-state index < -0.39 is 6.09 Å². The van der Waals surface area contributed by atoms with Crippen LogP contribution in [0.1, 0.15) is 26.2 Å². The molecule has 1 saturated heterocycles. The number of amides is 2. The van der Waals surface area contributed by atoms with Crippen LogP contribution in [0.15, 0.2) is 0 Å². The van der Waals surface area contributed by atoms with Crippen LogP contribution in [-0.2, 0) is 4.79 Å². The van der Waals surface area contributed by atoms with E-state index in [1.165, 1.54) is 0 Å². The SMILES string of the molecule is CCC1NCCCC1C(=O)NC(=O)O. The lowest BCUT2D eigenvalue weighted by molar-refractivity contribution is -0.125. The fraction of sp³-hybridized carbons (Fsp3) is 0.778.